The molecule has 1 aromatic carbocycles. The number of hydrogen-bond donors (Lipinski definition) is 0. The lowest BCUT2D eigenvalue weighted by molar-refractivity contribution is 0.100. The second kappa shape index (κ2) is 4.78. The molecule has 0 N–H and O–H groups in total. The van der Waals surface area contributed by atoms with Crippen LogP contribution in [0.2, 0.25) is 0 Å². The quantitative estimate of drug-likeness (QED) is 0.486. The summed E-state index contributed by atoms with van der Waals surface area (Å²) in [5, 5.41) is 0. The molecule has 0 aliphatic rings. The topological polar surface area (TPSA) is 34.1 Å². The van der Waals surface area contributed by atoms with Crippen molar-refractivity contribution in [2.24, 2.45) is 0 Å². The fourth-order valence-corrected chi connectivity index (χ4v) is 2.29. The average Bonchev–Trinajstić information content (AvgIpc) is 2.15. The lowest BCUT2D eigenvalue weighted by Crippen LogP contribution is -2.04. The molecule has 1 rings (SSSR count). The maximum atomic E-state index is 12.4. The molecule has 0 bridgehead atoms. The Hall–Kier alpha value is -0.850. The van der Waals surface area contributed by atoms with Crippen molar-refractivity contribution < 1.29 is 18.4 Å². The summed E-state index contributed by atoms with van der Waals surface area (Å²) in [5.41, 5.74) is -0.0220. The Bertz CT molecular complexity index is 416. The Balaban J connectivity index is 3.44. The monoisotopic (exact) mass is 324 g/mol. The van der Waals surface area contributed by atoms with E-state index in [9.17, 15) is 18.4 Å². The van der Waals surface area contributed by atoms with Crippen molar-refractivity contribution in [2.75, 3.05) is 0 Å². The number of ketones is 1. The van der Waals surface area contributed by atoms with Crippen LogP contribution in [0, 0.1) is 3.57 Å². The SMILES string of the molecule is CC(=O)c1c(I)cc(C(F)F)cc1C=O. The van der Waals surface area contributed by atoms with E-state index in [2.05, 4.69) is 0 Å². The van der Waals surface area contributed by atoms with Gasteiger partial charge in [-0.25, -0.2) is 8.78 Å². The number of carbonyl (C=O) groups excluding carboxylic acids is 2. The molecule has 15 heavy (non-hydrogen) atoms. The molecule has 0 heterocycles. The van der Waals surface area contributed by atoms with Gasteiger partial charge in [0.25, 0.3) is 6.43 Å². The minimum atomic E-state index is -2.64. The highest BCUT2D eigenvalue weighted by atomic mass is 127. The van der Waals surface area contributed by atoms with E-state index in [1.54, 1.807) is 22.6 Å². The number of hydrogen-bond acceptors (Lipinski definition) is 2. The van der Waals surface area contributed by atoms with Crippen molar-refractivity contribution in [3.8, 4) is 0 Å². The lowest BCUT2D eigenvalue weighted by Gasteiger charge is -2.07. The minimum Gasteiger partial charge on any atom is -0.298 e. The van der Waals surface area contributed by atoms with E-state index < -0.39 is 6.43 Å². The molecule has 0 radical (unpaired) electrons. The number of Topliss-reactive ketones (excluding diaryl/α,β-unsaturated/α-hetero) is 1. The zero-order chi connectivity index (χ0) is 11.6. The van der Waals surface area contributed by atoms with E-state index in [0.29, 0.717) is 9.86 Å². The van der Waals surface area contributed by atoms with Gasteiger partial charge in [0.05, 0.1) is 0 Å². The molecule has 5 heteroatoms. The normalized spacial score (nSPS) is 10.5. The molecule has 1 aromatic rings. The van der Waals surface area contributed by atoms with E-state index in [-0.39, 0.29) is 22.5 Å². The van der Waals surface area contributed by atoms with Crippen LogP contribution in [0.15, 0.2) is 12.1 Å². The Morgan fingerprint density at radius 1 is 1.47 bits per heavy atom. The molecule has 0 saturated heterocycles. The first-order valence-corrected chi connectivity index (χ1v) is 5.13. The molecule has 0 saturated carbocycles. The molecule has 0 aliphatic heterocycles. The standard InChI is InChI=1S/C10H7F2IO2/c1-5(15)9-7(4-14)2-6(10(11)12)3-8(9)13/h2-4,10H,1H3. The highest BCUT2D eigenvalue weighted by Gasteiger charge is 2.16. The van der Waals surface area contributed by atoms with Gasteiger partial charge in [-0.15, -0.1) is 0 Å². The molecule has 80 valence electrons. The van der Waals surface area contributed by atoms with Crippen LogP contribution in [0.1, 0.15) is 39.6 Å². The Kier molecular flexibility index (Phi) is 3.90. The van der Waals surface area contributed by atoms with Crippen LogP contribution in [0.5, 0.6) is 0 Å². The Labute approximate surface area is 98.8 Å². The van der Waals surface area contributed by atoms with Crippen LogP contribution in [0.25, 0.3) is 0 Å². The first-order valence-electron chi connectivity index (χ1n) is 4.05. The fourth-order valence-electron chi connectivity index (χ4n) is 1.24. The van der Waals surface area contributed by atoms with Crippen LogP contribution in [-0.4, -0.2) is 12.1 Å². The van der Waals surface area contributed by atoms with Gasteiger partial charge < -0.3 is 0 Å². The van der Waals surface area contributed by atoms with Gasteiger partial charge >= 0.3 is 0 Å². The summed E-state index contributed by atoms with van der Waals surface area (Å²) in [6.45, 7) is 1.30. The zero-order valence-corrected chi connectivity index (χ0v) is 9.92. The zero-order valence-electron chi connectivity index (χ0n) is 7.76. The van der Waals surface area contributed by atoms with E-state index in [4.69, 9.17) is 0 Å². The highest BCUT2D eigenvalue weighted by molar-refractivity contribution is 14.1. The van der Waals surface area contributed by atoms with E-state index in [1.165, 1.54) is 13.0 Å². The maximum absolute atomic E-state index is 12.4. The Morgan fingerprint density at radius 3 is 2.47 bits per heavy atom. The number of rotatable bonds is 3. The summed E-state index contributed by atoms with van der Waals surface area (Å²) in [6, 6.07) is 2.27. The van der Waals surface area contributed by atoms with Gasteiger partial charge in [0.15, 0.2) is 12.1 Å². The lowest BCUT2D eigenvalue weighted by atomic mass is 10.0. The number of aldehydes is 1. The summed E-state index contributed by atoms with van der Waals surface area (Å²) in [4.78, 5) is 21.8. The van der Waals surface area contributed by atoms with E-state index in [0.717, 1.165) is 6.07 Å². The average molecular weight is 324 g/mol. The van der Waals surface area contributed by atoms with Crippen LogP contribution < -0.4 is 0 Å². The van der Waals surface area contributed by atoms with Crippen molar-refractivity contribution in [1.82, 2.24) is 0 Å². The molecular formula is C10H7F2IO2. The fraction of sp³-hybridized carbons (Fsp3) is 0.200. The molecule has 2 nitrogen and oxygen atoms in total. The number of benzene rings is 1. The van der Waals surface area contributed by atoms with Crippen molar-refractivity contribution >= 4 is 34.7 Å². The first kappa shape index (κ1) is 12.2. The van der Waals surface area contributed by atoms with Crippen LogP contribution in [0.4, 0.5) is 8.78 Å². The predicted octanol–water partition coefficient (Wildman–Crippen LogP) is 3.24. The van der Waals surface area contributed by atoms with Gasteiger partial charge in [-0.05, 0) is 41.6 Å². The third-order valence-electron chi connectivity index (χ3n) is 1.87. The van der Waals surface area contributed by atoms with Crippen molar-refractivity contribution in [3.63, 3.8) is 0 Å². The number of halogens is 3. The van der Waals surface area contributed by atoms with Gasteiger partial charge in [0.1, 0.15) is 0 Å². The largest absolute Gasteiger partial charge is 0.298 e. The molecule has 0 fully saturated rings. The van der Waals surface area contributed by atoms with Gasteiger partial charge in [0, 0.05) is 20.3 Å². The highest BCUT2D eigenvalue weighted by Crippen LogP contribution is 2.25. The molecule has 0 unspecified atom stereocenters. The summed E-state index contributed by atoms with van der Waals surface area (Å²) >= 11 is 1.77. The van der Waals surface area contributed by atoms with Gasteiger partial charge in [0.2, 0.25) is 0 Å². The van der Waals surface area contributed by atoms with Crippen LogP contribution in [0.3, 0.4) is 0 Å². The van der Waals surface area contributed by atoms with Crippen LogP contribution >= 0.6 is 22.6 Å². The second-order valence-electron chi connectivity index (χ2n) is 2.94. The molecule has 0 atom stereocenters. The number of carbonyl (C=O) groups is 2. The van der Waals surface area contributed by atoms with E-state index in [1.807, 2.05) is 0 Å². The van der Waals surface area contributed by atoms with Crippen molar-refractivity contribution in [2.45, 2.75) is 13.3 Å². The minimum absolute atomic E-state index is 0.0182. The summed E-state index contributed by atoms with van der Waals surface area (Å²) in [5.74, 6) is -0.303. The van der Waals surface area contributed by atoms with Gasteiger partial charge in [-0.3, -0.25) is 9.59 Å². The third kappa shape index (κ3) is 2.58. The van der Waals surface area contributed by atoms with E-state index >= 15 is 0 Å². The third-order valence-corrected chi connectivity index (χ3v) is 2.72. The molecule has 0 spiro atoms. The maximum Gasteiger partial charge on any atom is 0.263 e. The number of alkyl halides is 2. The summed E-state index contributed by atoms with van der Waals surface area (Å²) in [6.07, 6.45) is -2.22. The van der Waals surface area contributed by atoms with Crippen molar-refractivity contribution in [1.29, 1.82) is 0 Å². The summed E-state index contributed by atoms with van der Waals surface area (Å²) in [7, 11) is 0. The van der Waals surface area contributed by atoms with Crippen LogP contribution in [-0.2, 0) is 0 Å². The molecule has 0 aliphatic carbocycles. The van der Waals surface area contributed by atoms with Crippen molar-refractivity contribution in [3.05, 3.63) is 32.4 Å². The molecular weight excluding hydrogens is 317 g/mol. The predicted molar refractivity (Wildman–Crippen MR) is 59.5 cm³/mol. The smallest absolute Gasteiger partial charge is 0.263 e. The summed E-state index contributed by atoms with van der Waals surface area (Å²) < 4.78 is 25.2. The van der Waals surface area contributed by atoms with Gasteiger partial charge in [-0.2, -0.15) is 0 Å². The molecule has 0 amide bonds. The molecule has 0 aromatic heterocycles. The van der Waals surface area contributed by atoms with Gasteiger partial charge in [-0.1, -0.05) is 0 Å². The second-order valence-corrected chi connectivity index (χ2v) is 4.10. The Morgan fingerprint density at radius 2 is 2.07 bits per heavy atom. The first-order chi connectivity index (χ1) is 6.97.